The van der Waals surface area contributed by atoms with Crippen molar-refractivity contribution in [1.29, 1.82) is 0 Å². The average Bonchev–Trinajstić information content (AvgIpc) is 3.17. The van der Waals surface area contributed by atoms with Gasteiger partial charge in [-0.1, -0.05) is 37.3 Å². The number of carbonyl (C=O) groups excluding carboxylic acids is 4. The van der Waals surface area contributed by atoms with Crippen LogP contribution in [0.5, 0.6) is 0 Å². The molecule has 2 unspecified atom stereocenters. The van der Waals surface area contributed by atoms with Gasteiger partial charge in [0.05, 0.1) is 0 Å². The molecule has 0 saturated carbocycles. The summed E-state index contributed by atoms with van der Waals surface area (Å²) in [5.41, 5.74) is 11.5. The van der Waals surface area contributed by atoms with Crippen LogP contribution in [0, 0.1) is 5.92 Å². The molecule has 0 spiro atoms. The Bertz CT molecular complexity index is 1090. The summed E-state index contributed by atoms with van der Waals surface area (Å²) in [5.74, 6) is -1.33. The van der Waals surface area contributed by atoms with E-state index < -0.39 is 6.09 Å². The number of amides is 4. The normalized spacial score (nSPS) is 18.6. The van der Waals surface area contributed by atoms with Crippen LogP contribution in [0.2, 0.25) is 0 Å². The standard InChI is InChI=1S/C23H23N3O5.Y/c1-13-10-21(28)26(22(13)29)9-8-20(27)25-14-6-7-17-15-4-2-3-5-16(15)19(18(17)11-14)12-31-23(24)30;/h2-7,11,13,19H,8-10,12H2,1H3,(H3,24,25,27,30);/p-1. The fraction of sp³-hybridized carbons (Fsp3) is 0.304. The predicted molar refractivity (Wildman–Crippen MR) is 113 cm³/mol. The first-order chi connectivity index (χ1) is 14.8. The first kappa shape index (κ1) is 24.1. The van der Waals surface area contributed by atoms with Crippen molar-refractivity contribution in [2.45, 2.75) is 25.7 Å². The molecule has 0 bridgehead atoms. The summed E-state index contributed by atoms with van der Waals surface area (Å²) < 4.78 is 4.96. The zero-order valence-corrected chi connectivity index (χ0v) is 20.4. The Morgan fingerprint density at radius 1 is 1.12 bits per heavy atom. The van der Waals surface area contributed by atoms with Crippen molar-refractivity contribution in [3.8, 4) is 11.1 Å². The van der Waals surface area contributed by atoms with E-state index in [9.17, 15) is 19.2 Å². The molecule has 0 aromatic heterocycles. The van der Waals surface area contributed by atoms with Gasteiger partial charge in [-0.05, 0) is 34.4 Å². The van der Waals surface area contributed by atoms with Crippen molar-refractivity contribution < 1.29 is 56.6 Å². The molecule has 8 nitrogen and oxygen atoms in total. The summed E-state index contributed by atoms with van der Waals surface area (Å²) in [6, 6.07) is 13.3. The van der Waals surface area contributed by atoms with Crippen molar-refractivity contribution in [3.05, 3.63) is 59.3 Å². The van der Waals surface area contributed by atoms with Crippen LogP contribution in [-0.4, -0.2) is 41.9 Å². The van der Waals surface area contributed by atoms with Crippen LogP contribution in [0.1, 0.15) is 36.8 Å². The Morgan fingerprint density at radius 3 is 2.53 bits per heavy atom. The smallest absolute Gasteiger partial charge is 0.232 e. The maximum Gasteiger partial charge on any atom is 0.232 e. The molecule has 1 saturated heterocycles. The van der Waals surface area contributed by atoms with Gasteiger partial charge in [-0.2, -0.15) is 0 Å². The number of likely N-dealkylation sites (tertiary alicyclic amines) is 1. The number of anilines is 1. The van der Waals surface area contributed by atoms with Gasteiger partial charge in [-0.15, -0.1) is 0 Å². The van der Waals surface area contributed by atoms with E-state index in [1.165, 1.54) is 0 Å². The Balaban J connectivity index is 0.00000289. The Kier molecular flexibility index (Phi) is 7.46. The number of hydrogen-bond acceptors (Lipinski definition) is 5. The third kappa shape index (κ3) is 4.76. The van der Waals surface area contributed by atoms with Gasteiger partial charge in [0.2, 0.25) is 23.8 Å². The molecule has 2 atom stereocenters. The summed E-state index contributed by atoms with van der Waals surface area (Å²) in [6.45, 7) is 1.81. The SMILES string of the molecule is CC1CC(=O)N(CCC(=O)Nc2ccc3c(c2)C(COC([NH-])=O)c2ccccc2-3)C1=O.[Y]. The van der Waals surface area contributed by atoms with Crippen LogP contribution in [0.25, 0.3) is 16.9 Å². The monoisotopic (exact) mass is 509 g/mol. The van der Waals surface area contributed by atoms with E-state index >= 15 is 0 Å². The van der Waals surface area contributed by atoms with Gasteiger partial charge < -0.3 is 15.8 Å². The van der Waals surface area contributed by atoms with Gasteiger partial charge in [0.25, 0.3) is 0 Å². The number of imide groups is 1. The maximum atomic E-state index is 12.4. The van der Waals surface area contributed by atoms with E-state index in [1.807, 2.05) is 36.4 Å². The zero-order valence-electron chi connectivity index (χ0n) is 17.6. The van der Waals surface area contributed by atoms with Gasteiger partial charge >= 0.3 is 0 Å². The Hall–Kier alpha value is -2.58. The van der Waals surface area contributed by atoms with Crippen LogP contribution < -0.4 is 5.32 Å². The number of benzene rings is 2. The van der Waals surface area contributed by atoms with E-state index in [4.69, 9.17) is 10.5 Å². The van der Waals surface area contributed by atoms with Gasteiger partial charge in [-0.25, -0.2) is 0 Å². The van der Waals surface area contributed by atoms with E-state index in [-0.39, 0.29) is 88.3 Å². The van der Waals surface area contributed by atoms with Crippen LogP contribution in [0.3, 0.4) is 0 Å². The molecular formula is C23H22N3O5Y-. The molecule has 2 N–H and O–H groups in total. The summed E-state index contributed by atoms with van der Waals surface area (Å²) in [7, 11) is 0. The van der Waals surface area contributed by atoms with E-state index in [1.54, 1.807) is 13.0 Å². The van der Waals surface area contributed by atoms with Crippen LogP contribution in [-0.2, 0) is 51.8 Å². The van der Waals surface area contributed by atoms with Gasteiger partial charge in [0, 0.05) is 69.6 Å². The van der Waals surface area contributed by atoms with Gasteiger partial charge in [0.1, 0.15) is 6.61 Å². The minimum atomic E-state index is -1.09. The second kappa shape index (κ2) is 9.92. The number of nitrogens with one attached hydrogen (secondary N) is 2. The molecule has 4 amide bonds. The molecule has 1 fully saturated rings. The zero-order chi connectivity index (χ0) is 22.1. The van der Waals surface area contributed by atoms with E-state index in [0.717, 1.165) is 27.2 Å². The first-order valence-electron chi connectivity index (χ1n) is 10.1. The van der Waals surface area contributed by atoms with Crippen LogP contribution in [0.15, 0.2) is 42.5 Å². The summed E-state index contributed by atoms with van der Waals surface area (Å²) in [4.78, 5) is 48.5. The molecule has 2 aromatic rings. The maximum absolute atomic E-state index is 12.4. The van der Waals surface area contributed by atoms with Crippen molar-refractivity contribution in [2.24, 2.45) is 5.92 Å². The Morgan fingerprint density at radius 2 is 1.84 bits per heavy atom. The summed E-state index contributed by atoms with van der Waals surface area (Å²) in [6.07, 6.45) is -0.881. The van der Waals surface area contributed by atoms with E-state index in [2.05, 4.69) is 5.32 Å². The van der Waals surface area contributed by atoms with Crippen molar-refractivity contribution in [2.75, 3.05) is 18.5 Å². The fourth-order valence-corrected chi connectivity index (χ4v) is 4.25. The molecular weight excluding hydrogens is 487 g/mol. The number of rotatable bonds is 6. The average molecular weight is 509 g/mol. The molecule has 163 valence electrons. The second-order valence-corrected chi connectivity index (χ2v) is 7.83. The summed E-state index contributed by atoms with van der Waals surface area (Å²) in [5, 5.41) is 2.82. The Labute approximate surface area is 210 Å². The minimum absolute atomic E-state index is 0. The van der Waals surface area contributed by atoms with Crippen LogP contribution in [0.4, 0.5) is 10.5 Å². The topological polar surface area (TPSA) is 117 Å². The number of ether oxygens (including phenoxy) is 1. The molecule has 32 heavy (non-hydrogen) atoms. The molecule has 2 aromatic carbocycles. The minimum Gasteiger partial charge on any atom is -0.632 e. The third-order valence-corrected chi connectivity index (χ3v) is 5.75. The molecule has 4 rings (SSSR count). The molecule has 1 radical (unpaired) electrons. The largest absolute Gasteiger partial charge is 0.632 e. The first-order valence-corrected chi connectivity index (χ1v) is 10.1. The molecule has 9 heteroatoms. The quantitative estimate of drug-likeness (QED) is 0.596. The number of nitrogens with zero attached hydrogens (tertiary/aromatic N) is 1. The molecule has 1 aliphatic heterocycles. The van der Waals surface area contributed by atoms with E-state index in [0.29, 0.717) is 5.69 Å². The van der Waals surface area contributed by atoms with Crippen LogP contribution >= 0.6 is 0 Å². The van der Waals surface area contributed by atoms with Gasteiger partial charge in [-0.3, -0.25) is 24.1 Å². The third-order valence-electron chi connectivity index (χ3n) is 5.75. The fourth-order valence-electron chi connectivity index (χ4n) is 4.25. The molecule has 1 aliphatic carbocycles. The van der Waals surface area contributed by atoms with Gasteiger partial charge in [0.15, 0.2) is 0 Å². The van der Waals surface area contributed by atoms with Crippen molar-refractivity contribution >= 4 is 29.5 Å². The molecule has 1 heterocycles. The predicted octanol–water partition coefficient (Wildman–Crippen LogP) is 3.71. The second-order valence-electron chi connectivity index (χ2n) is 7.83. The summed E-state index contributed by atoms with van der Waals surface area (Å²) >= 11 is 0. The number of hydrogen-bond donors (Lipinski definition) is 1. The molecule has 2 aliphatic rings. The number of fused-ring (bicyclic) bond motifs is 3. The van der Waals surface area contributed by atoms with Crippen molar-refractivity contribution in [1.82, 2.24) is 4.90 Å². The van der Waals surface area contributed by atoms with Crippen molar-refractivity contribution in [3.63, 3.8) is 0 Å². The number of carbonyl (C=O) groups is 4.